The van der Waals surface area contributed by atoms with Gasteiger partial charge in [0.15, 0.2) is 0 Å². The van der Waals surface area contributed by atoms with E-state index in [9.17, 15) is 28.4 Å². The first-order chi connectivity index (χ1) is 22.0. The summed E-state index contributed by atoms with van der Waals surface area (Å²) in [6, 6.07) is 8.49. The van der Waals surface area contributed by atoms with E-state index in [0.717, 1.165) is 42.2 Å². The van der Waals surface area contributed by atoms with E-state index in [1.807, 2.05) is 6.92 Å². The Morgan fingerprint density at radius 1 is 1.13 bits per heavy atom. The predicted molar refractivity (Wildman–Crippen MR) is 162 cm³/mol. The number of carbonyl (C=O) groups excluding carboxylic acids is 2. The topological polar surface area (TPSA) is 129 Å². The van der Waals surface area contributed by atoms with Gasteiger partial charge in [-0.2, -0.15) is 5.26 Å². The number of anilines is 1. The number of nitrogens with one attached hydrogen (secondary N) is 2. The number of rotatable bonds is 11. The Kier molecular flexibility index (Phi) is 8.43. The summed E-state index contributed by atoms with van der Waals surface area (Å²) in [5.41, 5.74) is 0.382. The Balaban J connectivity index is 1.35. The molecule has 2 N–H and O–H groups in total. The Bertz CT molecular complexity index is 1800. The van der Waals surface area contributed by atoms with Crippen molar-refractivity contribution in [2.45, 2.75) is 63.1 Å². The number of methoxy groups -OCH3 is 1. The molecule has 0 unspecified atom stereocenters. The van der Waals surface area contributed by atoms with Crippen LogP contribution in [0.2, 0.25) is 0 Å². The Morgan fingerprint density at radius 2 is 1.87 bits per heavy atom. The highest BCUT2D eigenvalue weighted by Gasteiger charge is 2.47. The average Bonchev–Trinajstić information content (AvgIpc) is 3.93. The lowest BCUT2D eigenvalue weighted by Gasteiger charge is -2.39. The standard InChI is InChI=1S/C33H33F3N6O4/c1-18(46-2)13-38-14-20-8-25(32(45)42(15-20)23-5-6-23)30(43)40-28-11-22(10-27(39-28)21-3-4-21)29-24(7-19(12-37)9-26(29)34)31(44)41-16-33(35,36)17-41/h7-11,15,18,21,23,38H,3-6,13-14,16-17H2,1-2H3,(H,39,40,43)/t18-/m0/s1. The van der Waals surface area contributed by atoms with Crippen molar-refractivity contribution in [3.05, 3.63) is 80.6 Å². The van der Waals surface area contributed by atoms with Gasteiger partial charge in [-0.25, -0.2) is 18.2 Å². The zero-order chi connectivity index (χ0) is 32.7. The zero-order valence-corrected chi connectivity index (χ0v) is 25.4. The van der Waals surface area contributed by atoms with Gasteiger partial charge in [-0.15, -0.1) is 0 Å². The van der Waals surface area contributed by atoms with Crippen molar-refractivity contribution in [3.8, 4) is 17.2 Å². The molecule has 0 radical (unpaired) electrons. The molecule has 2 aliphatic carbocycles. The number of nitriles is 1. The lowest BCUT2D eigenvalue weighted by molar-refractivity contribution is -0.113. The highest BCUT2D eigenvalue weighted by Crippen LogP contribution is 2.42. The molecule has 2 saturated carbocycles. The molecule has 1 aliphatic heterocycles. The summed E-state index contributed by atoms with van der Waals surface area (Å²) in [4.78, 5) is 45.8. The molecule has 6 rings (SSSR count). The molecule has 1 aromatic carbocycles. The lowest BCUT2D eigenvalue weighted by Crippen LogP contribution is -2.58. The first-order valence-corrected chi connectivity index (χ1v) is 15.2. The molecule has 0 bridgehead atoms. The van der Waals surface area contributed by atoms with Gasteiger partial charge in [0, 0.05) is 49.6 Å². The quantitative estimate of drug-likeness (QED) is 0.316. The summed E-state index contributed by atoms with van der Waals surface area (Å²) in [6.07, 6.45) is 5.03. The SMILES string of the molecule is CO[C@@H](C)CNCc1cc(C(=O)Nc2cc(-c3c(F)cc(C#N)cc3C(=O)N3CC(F)(F)C3)cc(C3CC3)n2)c(=O)n(C2CC2)c1. The van der Waals surface area contributed by atoms with Crippen LogP contribution in [0.15, 0.2) is 41.3 Å². The van der Waals surface area contributed by atoms with Gasteiger partial charge < -0.3 is 24.8 Å². The maximum absolute atomic E-state index is 15.7. The van der Waals surface area contributed by atoms with Gasteiger partial charge in [0.05, 0.1) is 36.4 Å². The van der Waals surface area contributed by atoms with Crippen LogP contribution in [0.3, 0.4) is 0 Å². The van der Waals surface area contributed by atoms with E-state index in [-0.39, 0.29) is 51.7 Å². The van der Waals surface area contributed by atoms with E-state index >= 15 is 4.39 Å². The van der Waals surface area contributed by atoms with Crippen LogP contribution < -0.4 is 16.2 Å². The van der Waals surface area contributed by atoms with E-state index in [1.54, 1.807) is 30.0 Å². The van der Waals surface area contributed by atoms with E-state index < -0.39 is 42.2 Å². The Morgan fingerprint density at radius 3 is 2.50 bits per heavy atom. The number of amides is 2. The fraction of sp³-hybridized carbons (Fsp3) is 0.424. The number of aromatic nitrogens is 2. The maximum Gasteiger partial charge on any atom is 0.282 e. The van der Waals surface area contributed by atoms with Gasteiger partial charge in [0.2, 0.25) is 0 Å². The van der Waals surface area contributed by atoms with Crippen molar-refractivity contribution in [1.29, 1.82) is 5.26 Å². The van der Waals surface area contributed by atoms with Crippen LogP contribution in [0.1, 0.15) is 82.1 Å². The second kappa shape index (κ2) is 12.3. The molecule has 2 aromatic heterocycles. The van der Waals surface area contributed by atoms with Crippen LogP contribution in [0.5, 0.6) is 0 Å². The van der Waals surface area contributed by atoms with Crippen LogP contribution in [0.4, 0.5) is 19.0 Å². The van der Waals surface area contributed by atoms with E-state index in [1.165, 1.54) is 18.2 Å². The Labute approximate surface area is 263 Å². The van der Waals surface area contributed by atoms with Crippen molar-refractivity contribution in [2.75, 3.05) is 32.1 Å². The summed E-state index contributed by atoms with van der Waals surface area (Å²) >= 11 is 0. The predicted octanol–water partition coefficient (Wildman–Crippen LogP) is 4.60. The highest BCUT2D eigenvalue weighted by molar-refractivity contribution is 6.05. The average molecular weight is 635 g/mol. The van der Waals surface area contributed by atoms with Crippen LogP contribution in [0, 0.1) is 17.1 Å². The molecule has 2 amide bonds. The van der Waals surface area contributed by atoms with Crippen molar-refractivity contribution in [2.24, 2.45) is 0 Å². The first-order valence-electron chi connectivity index (χ1n) is 15.2. The minimum absolute atomic E-state index is 0.0153. The van der Waals surface area contributed by atoms with Crippen molar-refractivity contribution in [1.82, 2.24) is 19.8 Å². The minimum Gasteiger partial charge on any atom is -0.380 e. The molecule has 3 heterocycles. The molecule has 3 aromatic rings. The number of benzene rings is 1. The third-order valence-electron chi connectivity index (χ3n) is 8.40. The molecule has 1 atom stereocenters. The minimum atomic E-state index is -3.04. The number of pyridine rings is 2. The highest BCUT2D eigenvalue weighted by atomic mass is 19.3. The summed E-state index contributed by atoms with van der Waals surface area (Å²) < 4.78 is 49.7. The largest absolute Gasteiger partial charge is 0.380 e. The summed E-state index contributed by atoms with van der Waals surface area (Å²) in [6.45, 7) is 1.26. The second-order valence-electron chi connectivity index (χ2n) is 12.3. The number of carbonyl (C=O) groups is 2. The normalized spacial score (nSPS) is 17.6. The van der Waals surface area contributed by atoms with Gasteiger partial charge in [-0.3, -0.25) is 14.4 Å². The van der Waals surface area contributed by atoms with Crippen molar-refractivity contribution < 1.29 is 27.5 Å². The molecule has 0 spiro atoms. The number of halogens is 3. The van der Waals surface area contributed by atoms with Gasteiger partial charge in [0.1, 0.15) is 17.2 Å². The third-order valence-corrected chi connectivity index (χ3v) is 8.40. The van der Waals surface area contributed by atoms with E-state index in [0.29, 0.717) is 18.8 Å². The lowest BCUT2D eigenvalue weighted by atomic mass is 9.94. The number of hydrogen-bond acceptors (Lipinski definition) is 7. The zero-order valence-electron chi connectivity index (χ0n) is 25.4. The molecular formula is C33H33F3N6O4. The molecule has 3 fully saturated rings. The van der Waals surface area contributed by atoms with Crippen LogP contribution in [-0.4, -0.2) is 65.0 Å². The number of hydrogen-bond donors (Lipinski definition) is 2. The Hall–Kier alpha value is -4.54. The van der Waals surface area contributed by atoms with Crippen LogP contribution in [-0.2, 0) is 11.3 Å². The van der Waals surface area contributed by atoms with Gasteiger partial charge in [-0.05, 0) is 74.1 Å². The van der Waals surface area contributed by atoms with E-state index in [2.05, 4.69) is 15.6 Å². The molecule has 240 valence electrons. The van der Waals surface area contributed by atoms with Crippen molar-refractivity contribution >= 4 is 17.6 Å². The van der Waals surface area contributed by atoms with E-state index in [4.69, 9.17) is 4.74 Å². The van der Waals surface area contributed by atoms with Crippen molar-refractivity contribution in [3.63, 3.8) is 0 Å². The molecule has 10 nitrogen and oxygen atoms in total. The maximum atomic E-state index is 15.7. The van der Waals surface area contributed by atoms with Gasteiger partial charge in [-0.1, -0.05) is 0 Å². The van der Waals surface area contributed by atoms with Gasteiger partial charge in [0.25, 0.3) is 23.3 Å². The number of nitrogens with zero attached hydrogens (tertiary/aromatic N) is 4. The fourth-order valence-electron chi connectivity index (χ4n) is 5.54. The van der Waals surface area contributed by atoms with Crippen LogP contribution >= 0.6 is 0 Å². The summed E-state index contributed by atoms with van der Waals surface area (Å²) in [5, 5.41) is 15.4. The molecule has 3 aliphatic rings. The number of alkyl halides is 2. The molecule has 1 saturated heterocycles. The molecule has 13 heteroatoms. The molecular weight excluding hydrogens is 601 g/mol. The third kappa shape index (κ3) is 6.68. The number of likely N-dealkylation sites (tertiary alicyclic amines) is 1. The second-order valence-corrected chi connectivity index (χ2v) is 12.3. The van der Waals surface area contributed by atoms with Crippen LogP contribution in [0.25, 0.3) is 11.1 Å². The fourth-order valence-corrected chi connectivity index (χ4v) is 5.54. The first kappa shape index (κ1) is 31.4. The monoisotopic (exact) mass is 634 g/mol. The van der Waals surface area contributed by atoms with Gasteiger partial charge >= 0.3 is 0 Å². The smallest absolute Gasteiger partial charge is 0.282 e. The summed E-state index contributed by atoms with van der Waals surface area (Å²) in [5.74, 6) is -5.38. The number of ether oxygens (including phenoxy) is 1. The summed E-state index contributed by atoms with van der Waals surface area (Å²) in [7, 11) is 1.61. The molecule has 46 heavy (non-hydrogen) atoms.